The van der Waals surface area contributed by atoms with E-state index in [1.54, 1.807) is 6.26 Å². The molecule has 1 heterocycles. The Morgan fingerprint density at radius 2 is 2.18 bits per heavy atom. The van der Waals surface area contributed by atoms with Crippen LogP contribution in [0.2, 0.25) is 0 Å². The Balaban J connectivity index is 1.97. The lowest BCUT2D eigenvalue weighted by Crippen LogP contribution is -2.19. The Morgan fingerprint density at radius 1 is 1.35 bits per heavy atom. The van der Waals surface area contributed by atoms with E-state index in [-0.39, 0.29) is 0 Å². The van der Waals surface area contributed by atoms with Crippen LogP contribution in [0.1, 0.15) is 5.56 Å². The highest BCUT2D eigenvalue weighted by Crippen LogP contribution is 2.12. The average Bonchev–Trinajstić information content (AvgIpc) is 2.34. The molecule has 90 valence electrons. The fourth-order valence-electron chi connectivity index (χ4n) is 1.66. The lowest BCUT2D eigenvalue weighted by Gasteiger charge is -2.04. The number of fused-ring (bicyclic) bond motifs is 1. The fourth-order valence-corrected chi connectivity index (χ4v) is 2.09. The van der Waals surface area contributed by atoms with E-state index in [0.29, 0.717) is 5.75 Å². The van der Waals surface area contributed by atoms with Gasteiger partial charge in [-0.3, -0.25) is 9.19 Å². The second-order valence-electron chi connectivity index (χ2n) is 3.99. The molecule has 17 heavy (non-hydrogen) atoms. The molecule has 1 unspecified atom stereocenters. The van der Waals surface area contributed by atoms with Crippen molar-refractivity contribution in [3.63, 3.8) is 0 Å². The van der Waals surface area contributed by atoms with E-state index in [1.807, 2.05) is 24.4 Å². The first-order valence-corrected chi connectivity index (χ1v) is 7.33. The number of aromatic nitrogens is 1. The van der Waals surface area contributed by atoms with Gasteiger partial charge in [0.2, 0.25) is 0 Å². The molecule has 1 atom stereocenters. The van der Waals surface area contributed by atoms with Crippen LogP contribution in [0.25, 0.3) is 10.9 Å². The quantitative estimate of drug-likeness (QED) is 0.819. The molecule has 4 heteroatoms. The summed E-state index contributed by atoms with van der Waals surface area (Å²) in [4.78, 5) is 4.40. The minimum atomic E-state index is -0.724. The highest BCUT2D eigenvalue weighted by atomic mass is 32.2. The Labute approximate surface area is 104 Å². The maximum atomic E-state index is 10.9. The minimum absolute atomic E-state index is 0.695. The van der Waals surface area contributed by atoms with Gasteiger partial charge in [-0.2, -0.15) is 0 Å². The zero-order valence-electron chi connectivity index (χ0n) is 9.85. The Morgan fingerprint density at radius 3 is 3.00 bits per heavy atom. The van der Waals surface area contributed by atoms with Crippen LogP contribution in [0.3, 0.4) is 0 Å². The lowest BCUT2D eigenvalue weighted by molar-refractivity contribution is 0.676. The normalized spacial score (nSPS) is 12.8. The number of pyridine rings is 1. The Bertz CT molecular complexity index is 528. The van der Waals surface area contributed by atoms with Gasteiger partial charge in [-0.1, -0.05) is 18.2 Å². The molecule has 0 radical (unpaired) electrons. The van der Waals surface area contributed by atoms with Crippen LogP contribution in [-0.4, -0.2) is 27.7 Å². The fraction of sp³-hybridized carbons (Fsp3) is 0.308. The number of para-hydroxylation sites is 1. The van der Waals surface area contributed by atoms with Gasteiger partial charge in [0.15, 0.2) is 0 Å². The lowest BCUT2D eigenvalue weighted by atomic mass is 10.1. The van der Waals surface area contributed by atoms with Crippen LogP contribution in [0.15, 0.2) is 36.5 Å². The van der Waals surface area contributed by atoms with Crippen molar-refractivity contribution in [2.45, 2.75) is 6.54 Å². The highest BCUT2D eigenvalue weighted by Gasteiger charge is 1.97. The zero-order chi connectivity index (χ0) is 12.1. The van der Waals surface area contributed by atoms with E-state index in [2.05, 4.69) is 22.4 Å². The molecule has 0 amide bonds. The van der Waals surface area contributed by atoms with Crippen LogP contribution in [0.4, 0.5) is 0 Å². The molecule has 2 rings (SSSR count). The summed E-state index contributed by atoms with van der Waals surface area (Å²) in [6.07, 6.45) is 3.61. The van der Waals surface area contributed by atoms with E-state index in [0.717, 1.165) is 29.6 Å². The van der Waals surface area contributed by atoms with Gasteiger partial charge >= 0.3 is 0 Å². The van der Waals surface area contributed by atoms with Gasteiger partial charge in [0.1, 0.15) is 0 Å². The van der Waals surface area contributed by atoms with Crippen LogP contribution in [-0.2, 0) is 17.3 Å². The summed E-state index contributed by atoms with van der Waals surface area (Å²) in [5, 5.41) is 4.42. The van der Waals surface area contributed by atoms with E-state index in [9.17, 15) is 4.21 Å². The molecule has 0 saturated heterocycles. The molecule has 1 N–H and O–H groups in total. The Hall–Kier alpha value is -1.26. The predicted molar refractivity (Wildman–Crippen MR) is 72.4 cm³/mol. The first kappa shape index (κ1) is 12.2. The smallest absolute Gasteiger partial charge is 0.0702 e. The molecule has 0 spiro atoms. The van der Waals surface area contributed by atoms with Crippen LogP contribution >= 0.6 is 0 Å². The summed E-state index contributed by atoms with van der Waals surface area (Å²) < 4.78 is 10.9. The van der Waals surface area contributed by atoms with Crippen molar-refractivity contribution in [1.29, 1.82) is 0 Å². The van der Waals surface area contributed by atoms with E-state index < -0.39 is 10.8 Å². The van der Waals surface area contributed by atoms with Crippen molar-refractivity contribution in [1.82, 2.24) is 10.3 Å². The number of benzene rings is 1. The van der Waals surface area contributed by atoms with Gasteiger partial charge < -0.3 is 5.32 Å². The molecule has 3 nitrogen and oxygen atoms in total. The third-order valence-corrected chi connectivity index (χ3v) is 3.32. The van der Waals surface area contributed by atoms with Crippen molar-refractivity contribution in [2.75, 3.05) is 18.6 Å². The average molecular weight is 248 g/mol. The van der Waals surface area contributed by atoms with Crippen molar-refractivity contribution in [3.8, 4) is 0 Å². The third-order valence-electron chi connectivity index (χ3n) is 2.54. The highest BCUT2D eigenvalue weighted by molar-refractivity contribution is 7.84. The van der Waals surface area contributed by atoms with Gasteiger partial charge in [0.05, 0.1) is 5.52 Å². The van der Waals surface area contributed by atoms with Crippen molar-refractivity contribution >= 4 is 21.7 Å². The molecule has 0 bridgehead atoms. The summed E-state index contributed by atoms with van der Waals surface area (Å²) in [7, 11) is -0.724. The summed E-state index contributed by atoms with van der Waals surface area (Å²) >= 11 is 0. The summed E-state index contributed by atoms with van der Waals surface area (Å²) in [5.74, 6) is 0.695. The van der Waals surface area contributed by atoms with Gasteiger partial charge in [0, 0.05) is 47.5 Å². The van der Waals surface area contributed by atoms with Crippen molar-refractivity contribution < 1.29 is 4.21 Å². The number of hydrogen-bond donors (Lipinski definition) is 1. The first-order chi connectivity index (χ1) is 8.25. The van der Waals surface area contributed by atoms with Gasteiger partial charge in [-0.25, -0.2) is 0 Å². The van der Waals surface area contributed by atoms with Crippen LogP contribution in [0, 0.1) is 0 Å². The summed E-state index contributed by atoms with van der Waals surface area (Å²) in [6, 6.07) is 10.2. The maximum Gasteiger partial charge on any atom is 0.0702 e. The maximum absolute atomic E-state index is 10.9. The number of nitrogens with zero attached hydrogens (tertiary/aromatic N) is 1. The van der Waals surface area contributed by atoms with E-state index in [4.69, 9.17) is 0 Å². The molecular weight excluding hydrogens is 232 g/mol. The molecular formula is C13H16N2OS. The largest absolute Gasteiger partial charge is 0.312 e. The van der Waals surface area contributed by atoms with Gasteiger partial charge in [-0.05, 0) is 17.7 Å². The van der Waals surface area contributed by atoms with Crippen molar-refractivity contribution in [2.24, 2.45) is 0 Å². The molecule has 0 aliphatic rings. The van der Waals surface area contributed by atoms with Crippen LogP contribution < -0.4 is 5.32 Å². The topological polar surface area (TPSA) is 42.0 Å². The minimum Gasteiger partial charge on any atom is -0.312 e. The second-order valence-corrected chi connectivity index (χ2v) is 5.54. The summed E-state index contributed by atoms with van der Waals surface area (Å²) in [6.45, 7) is 1.55. The first-order valence-electron chi connectivity index (χ1n) is 5.60. The predicted octanol–water partition coefficient (Wildman–Crippen LogP) is 1.70. The molecule has 0 fully saturated rings. The molecule has 1 aromatic carbocycles. The number of nitrogens with one attached hydrogen (secondary N) is 1. The number of rotatable bonds is 5. The number of hydrogen-bond acceptors (Lipinski definition) is 3. The van der Waals surface area contributed by atoms with Gasteiger partial charge in [0.25, 0.3) is 0 Å². The monoisotopic (exact) mass is 248 g/mol. The standard InChI is InChI=1S/C13H16N2OS/c1-17(16)7-6-14-9-11-8-12-4-2-3-5-13(12)15-10-11/h2-5,8,10,14H,6-7,9H2,1H3. The Kier molecular flexibility index (Phi) is 4.23. The zero-order valence-corrected chi connectivity index (χ0v) is 10.7. The molecule has 0 saturated carbocycles. The molecule has 0 aliphatic heterocycles. The van der Waals surface area contributed by atoms with E-state index in [1.165, 1.54) is 0 Å². The molecule has 0 aliphatic carbocycles. The SMILES string of the molecule is CS(=O)CCNCc1cnc2ccccc2c1. The van der Waals surface area contributed by atoms with Crippen LogP contribution in [0.5, 0.6) is 0 Å². The van der Waals surface area contributed by atoms with Gasteiger partial charge in [-0.15, -0.1) is 0 Å². The van der Waals surface area contributed by atoms with E-state index >= 15 is 0 Å². The van der Waals surface area contributed by atoms with Crippen molar-refractivity contribution in [3.05, 3.63) is 42.1 Å². The molecule has 1 aromatic heterocycles. The second kappa shape index (κ2) is 5.89. The summed E-state index contributed by atoms with van der Waals surface area (Å²) in [5.41, 5.74) is 2.18. The third kappa shape index (κ3) is 3.61. The molecule has 2 aromatic rings.